The first-order chi connectivity index (χ1) is 8.01. The summed E-state index contributed by atoms with van der Waals surface area (Å²) in [5, 5.41) is 0. The van der Waals surface area contributed by atoms with Crippen molar-refractivity contribution in [3.63, 3.8) is 0 Å². The van der Waals surface area contributed by atoms with Crippen molar-refractivity contribution in [1.82, 2.24) is 0 Å². The molecule has 0 aliphatic carbocycles. The van der Waals surface area contributed by atoms with Crippen LogP contribution in [-0.4, -0.2) is 42.6 Å². The van der Waals surface area contributed by atoms with Crippen LogP contribution >= 0.6 is 11.8 Å². The van der Waals surface area contributed by atoms with E-state index in [1.165, 1.54) is 11.8 Å². The second kappa shape index (κ2) is 9.26. The molecule has 0 aromatic carbocycles. The molecular formula is C10H21N3O3S. The second-order valence-corrected chi connectivity index (χ2v) is 4.86. The van der Waals surface area contributed by atoms with Crippen molar-refractivity contribution in [3.8, 4) is 0 Å². The summed E-state index contributed by atoms with van der Waals surface area (Å²) < 4.78 is 5.01. The molecule has 0 spiro atoms. The third-order valence-corrected chi connectivity index (χ3v) is 3.36. The Morgan fingerprint density at radius 1 is 1.29 bits per heavy atom. The second-order valence-electron chi connectivity index (χ2n) is 3.71. The minimum Gasteiger partial charge on any atom is -0.460 e. The SMILES string of the molecule is CC(CSCCC(=O)OC(CN)CN)C(N)=O. The molecule has 0 saturated carbocycles. The maximum atomic E-state index is 11.3. The fourth-order valence-electron chi connectivity index (χ4n) is 0.935. The van der Waals surface area contributed by atoms with E-state index in [9.17, 15) is 9.59 Å². The van der Waals surface area contributed by atoms with Gasteiger partial charge in [0.25, 0.3) is 0 Å². The zero-order valence-corrected chi connectivity index (χ0v) is 10.9. The Morgan fingerprint density at radius 3 is 2.35 bits per heavy atom. The predicted octanol–water partition coefficient (Wildman–Crippen LogP) is -0.940. The first-order valence-corrected chi connectivity index (χ1v) is 6.63. The minimum absolute atomic E-state index is 0.183. The van der Waals surface area contributed by atoms with E-state index >= 15 is 0 Å². The van der Waals surface area contributed by atoms with Crippen molar-refractivity contribution < 1.29 is 14.3 Å². The number of hydrogen-bond donors (Lipinski definition) is 3. The van der Waals surface area contributed by atoms with E-state index in [0.29, 0.717) is 11.5 Å². The number of rotatable bonds is 9. The van der Waals surface area contributed by atoms with Crippen LogP contribution in [0, 0.1) is 5.92 Å². The zero-order valence-electron chi connectivity index (χ0n) is 10.1. The number of amides is 1. The van der Waals surface area contributed by atoms with Gasteiger partial charge in [-0.2, -0.15) is 11.8 Å². The predicted molar refractivity (Wildman–Crippen MR) is 68.3 cm³/mol. The lowest BCUT2D eigenvalue weighted by Gasteiger charge is -2.13. The van der Waals surface area contributed by atoms with E-state index in [0.717, 1.165) is 0 Å². The Kier molecular flexibility index (Phi) is 8.83. The fraction of sp³-hybridized carbons (Fsp3) is 0.800. The molecule has 6 N–H and O–H groups in total. The van der Waals surface area contributed by atoms with Gasteiger partial charge in [0.05, 0.1) is 6.42 Å². The number of carbonyl (C=O) groups excluding carboxylic acids is 2. The summed E-state index contributed by atoms with van der Waals surface area (Å²) in [7, 11) is 0. The summed E-state index contributed by atoms with van der Waals surface area (Å²) in [4.78, 5) is 22.1. The van der Waals surface area contributed by atoms with E-state index in [-0.39, 0.29) is 37.3 Å². The summed E-state index contributed by atoms with van der Waals surface area (Å²) in [6, 6.07) is 0. The third kappa shape index (κ3) is 8.00. The zero-order chi connectivity index (χ0) is 13.3. The van der Waals surface area contributed by atoms with Gasteiger partial charge in [-0.1, -0.05) is 6.92 Å². The molecule has 0 heterocycles. The summed E-state index contributed by atoms with van der Waals surface area (Å²) in [6.07, 6.45) is -0.121. The Morgan fingerprint density at radius 2 is 1.88 bits per heavy atom. The van der Waals surface area contributed by atoms with Gasteiger partial charge >= 0.3 is 5.97 Å². The van der Waals surface area contributed by atoms with Crippen LogP contribution in [0.2, 0.25) is 0 Å². The van der Waals surface area contributed by atoms with Crippen molar-refractivity contribution in [2.75, 3.05) is 24.6 Å². The number of carbonyl (C=O) groups is 2. The smallest absolute Gasteiger partial charge is 0.306 e. The van der Waals surface area contributed by atoms with Crippen molar-refractivity contribution in [3.05, 3.63) is 0 Å². The lowest BCUT2D eigenvalue weighted by Crippen LogP contribution is -2.33. The fourth-order valence-corrected chi connectivity index (χ4v) is 1.93. The van der Waals surface area contributed by atoms with Crippen molar-refractivity contribution in [2.24, 2.45) is 23.1 Å². The van der Waals surface area contributed by atoms with Crippen LogP contribution in [0.3, 0.4) is 0 Å². The van der Waals surface area contributed by atoms with Crippen LogP contribution in [0.25, 0.3) is 0 Å². The third-order valence-electron chi connectivity index (χ3n) is 2.13. The average molecular weight is 263 g/mol. The highest BCUT2D eigenvalue weighted by Gasteiger charge is 2.12. The summed E-state index contributed by atoms with van der Waals surface area (Å²) >= 11 is 1.50. The number of hydrogen-bond acceptors (Lipinski definition) is 6. The summed E-state index contributed by atoms with van der Waals surface area (Å²) in [5.41, 5.74) is 15.8. The van der Waals surface area contributed by atoms with Gasteiger partial charge in [-0.3, -0.25) is 9.59 Å². The Hall–Kier alpha value is -0.790. The Bertz CT molecular complexity index is 247. The van der Waals surface area contributed by atoms with Gasteiger partial charge in [-0.05, 0) is 0 Å². The molecule has 1 amide bonds. The van der Waals surface area contributed by atoms with Crippen LogP contribution in [-0.2, 0) is 14.3 Å². The highest BCUT2D eigenvalue weighted by Crippen LogP contribution is 2.09. The molecule has 0 aromatic rings. The highest BCUT2D eigenvalue weighted by atomic mass is 32.2. The Balaban J connectivity index is 3.61. The lowest BCUT2D eigenvalue weighted by atomic mass is 10.2. The topological polar surface area (TPSA) is 121 Å². The van der Waals surface area contributed by atoms with Gasteiger partial charge in [0.1, 0.15) is 6.10 Å². The summed E-state index contributed by atoms with van der Waals surface area (Å²) in [6.45, 7) is 2.22. The molecule has 7 heteroatoms. The quantitative estimate of drug-likeness (QED) is 0.364. The van der Waals surface area contributed by atoms with E-state index in [1.807, 2.05) is 0 Å². The summed E-state index contributed by atoms with van der Waals surface area (Å²) in [5.74, 6) is 0.381. The van der Waals surface area contributed by atoms with Crippen molar-refractivity contribution in [2.45, 2.75) is 19.4 Å². The molecule has 17 heavy (non-hydrogen) atoms. The standard InChI is InChI=1S/C10H21N3O3S/c1-7(10(13)15)6-17-3-2-9(14)16-8(4-11)5-12/h7-8H,2-6,11-12H2,1H3,(H2,13,15). The number of ether oxygens (including phenoxy) is 1. The molecule has 1 unspecified atom stereocenters. The monoisotopic (exact) mass is 263 g/mol. The van der Waals surface area contributed by atoms with E-state index < -0.39 is 6.10 Å². The van der Waals surface area contributed by atoms with Gasteiger partial charge in [-0.25, -0.2) is 0 Å². The molecule has 0 radical (unpaired) electrons. The molecule has 0 rings (SSSR count). The van der Waals surface area contributed by atoms with Gasteiger partial charge < -0.3 is 21.9 Å². The van der Waals surface area contributed by atoms with Crippen LogP contribution < -0.4 is 17.2 Å². The minimum atomic E-state index is -0.406. The molecule has 100 valence electrons. The molecule has 0 aromatic heterocycles. The van der Waals surface area contributed by atoms with Gasteiger partial charge in [0.15, 0.2) is 0 Å². The molecule has 0 fully saturated rings. The maximum Gasteiger partial charge on any atom is 0.306 e. The molecule has 0 saturated heterocycles. The van der Waals surface area contributed by atoms with E-state index in [2.05, 4.69) is 0 Å². The van der Waals surface area contributed by atoms with Crippen LogP contribution in [0.5, 0.6) is 0 Å². The van der Waals surface area contributed by atoms with Gasteiger partial charge in [0, 0.05) is 30.5 Å². The maximum absolute atomic E-state index is 11.3. The van der Waals surface area contributed by atoms with Crippen LogP contribution in [0.15, 0.2) is 0 Å². The highest BCUT2D eigenvalue weighted by molar-refractivity contribution is 7.99. The lowest BCUT2D eigenvalue weighted by molar-refractivity contribution is -0.147. The first-order valence-electron chi connectivity index (χ1n) is 5.47. The average Bonchev–Trinajstić information content (AvgIpc) is 2.31. The van der Waals surface area contributed by atoms with Crippen LogP contribution in [0.1, 0.15) is 13.3 Å². The molecule has 0 aliphatic heterocycles. The van der Waals surface area contributed by atoms with E-state index in [4.69, 9.17) is 21.9 Å². The number of nitrogens with two attached hydrogens (primary N) is 3. The van der Waals surface area contributed by atoms with Crippen molar-refractivity contribution in [1.29, 1.82) is 0 Å². The molecule has 0 bridgehead atoms. The van der Waals surface area contributed by atoms with E-state index in [1.54, 1.807) is 6.92 Å². The van der Waals surface area contributed by atoms with Crippen molar-refractivity contribution >= 4 is 23.6 Å². The van der Waals surface area contributed by atoms with Gasteiger partial charge in [-0.15, -0.1) is 0 Å². The number of thioether (sulfide) groups is 1. The number of primary amides is 1. The van der Waals surface area contributed by atoms with Crippen LogP contribution in [0.4, 0.5) is 0 Å². The largest absolute Gasteiger partial charge is 0.460 e. The molecule has 1 atom stereocenters. The first kappa shape index (κ1) is 16.2. The molecular weight excluding hydrogens is 242 g/mol. The van der Waals surface area contributed by atoms with Gasteiger partial charge in [0.2, 0.25) is 5.91 Å². The molecule has 0 aliphatic rings. The number of esters is 1. The normalized spacial score (nSPS) is 12.5. The molecule has 6 nitrogen and oxygen atoms in total. The Labute approximate surface area is 106 Å².